The minimum atomic E-state index is -0.179. The van der Waals surface area contributed by atoms with Crippen LogP contribution in [-0.4, -0.2) is 34.8 Å². The first-order valence-electron chi connectivity index (χ1n) is 7.78. The van der Waals surface area contributed by atoms with E-state index in [1.54, 1.807) is 23.2 Å². The number of hydrazone groups is 1. The lowest BCUT2D eigenvalue weighted by atomic mass is 10.2. The van der Waals surface area contributed by atoms with Gasteiger partial charge in [-0.1, -0.05) is 12.1 Å². The van der Waals surface area contributed by atoms with Gasteiger partial charge >= 0.3 is 0 Å². The second-order valence-corrected chi connectivity index (χ2v) is 5.16. The molecule has 0 saturated heterocycles. The van der Waals surface area contributed by atoms with Crippen molar-refractivity contribution < 1.29 is 4.79 Å². The highest BCUT2D eigenvalue weighted by molar-refractivity contribution is 5.82. The number of carbonyl (C=O) groups is 1. The first-order chi connectivity index (χ1) is 11.1. The molecule has 1 amide bonds. The van der Waals surface area contributed by atoms with Crippen LogP contribution in [0.25, 0.3) is 0 Å². The number of nitrogens with one attached hydrogen (secondary N) is 1. The molecule has 6 heteroatoms. The Labute approximate surface area is 136 Å². The Hall–Kier alpha value is -2.63. The standard InChI is InChI=1S/C17H23N5O/c1-4-21(5-2)16-8-6-15(7-9-16)12-19-20-17(23)13-22-11-10-18-14(22)3/h6-12H,4-5,13H2,1-3H3,(H,20,23). The van der Waals surface area contributed by atoms with Crippen molar-refractivity contribution in [2.45, 2.75) is 27.3 Å². The maximum absolute atomic E-state index is 11.8. The van der Waals surface area contributed by atoms with Crippen molar-refractivity contribution in [3.05, 3.63) is 48.0 Å². The van der Waals surface area contributed by atoms with Crippen molar-refractivity contribution in [3.8, 4) is 0 Å². The maximum Gasteiger partial charge on any atom is 0.260 e. The lowest BCUT2D eigenvalue weighted by Gasteiger charge is -2.20. The molecule has 0 spiro atoms. The number of benzene rings is 1. The number of rotatable bonds is 7. The largest absolute Gasteiger partial charge is 0.372 e. The molecule has 0 unspecified atom stereocenters. The minimum Gasteiger partial charge on any atom is -0.372 e. The topological polar surface area (TPSA) is 62.5 Å². The molecule has 2 aromatic rings. The number of aromatic nitrogens is 2. The zero-order chi connectivity index (χ0) is 16.7. The van der Waals surface area contributed by atoms with Crippen LogP contribution in [0.1, 0.15) is 25.2 Å². The van der Waals surface area contributed by atoms with Gasteiger partial charge in [0, 0.05) is 31.2 Å². The van der Waals surface area contributed by atoms with Crippen molar-refractivity contribution in [1.82, 2.24) is 15.0 Å². The van der Waals surface area contributed by atoms with Crippen molar-refractivity contribution in [2.24, 2.45) is 5.10 Å². The predicted octanol–water partition coefficient (Wildman–Crippen LogP) is 2.19. The van der Waals surface area contributed by atoms with Crippen molar-refractivity contribution in [3.63, 3.8) is 0 Å². The van der Waals surface area contributed by atoms with Gasteiger partial charge in [0.1, 0.15) is 12.4 Å². The van der Waals surface area contributed by atoms with E-state index in [-0.39, 0.29) is 12.5 Å². The Morgan fingerprint density at radius 2 is 2.00 bits per heavy atom. The second kappa shape index (κ2) is 8.12. The molecule has 2 rings (SSSR count). The summed E-state index contributed by atoms with van der Waals surface area (Å²) >= 11 is 0. The van der Waals surface area contributed by atoms with Gasteiger partial charge < -0.3 is 9.47 Å². The van der Waals surface area contributed by atoms with Crippen molar-refractivity contribution in [1.29, 1.82) is 0 Å². The fourth-order valence-corrected chi connectivity index (χ4v) is 2.30. The zero-order valence-corrected chi connectivity index (χ0v) is 13.9. The number of imidazole rings is 1. The van der Waals surface area contributed by atoms with Gasteiger partial charge in [0.25, 0.3) is 5.91 Å². The van der Waals surface area contributed by atoms with E-state index >= 15 is 0 Å². The van der Waals surface area contributed by atoms with Gasteiger partial charge in [-0.3, -0.25) is 4.79 Å². The molecule has 0 bridgehead atoms. The molecule has 0 atom stereocenters. The van der Waals surface area contributed by atoms with Gasteiger partial charge in [0.15, 0.2) is 0 Å². The molecular weight excluding hydrogens is 290 g/mol. The Morgan fingerprint density at radius 1 is 1.30 bits per heavy atom. The van der Waals surface area contributed by atoms with Crippen LogP contribution < -0.4 is 10.3 Å². The van der Waals surface area contributed by atoms with Gasteiger partial charge in [-0.05, 0) is 38.5 Å². The number of carbonyl (C=O) groups excluding carboxylic acids is 1. The normalized spacial score (nSPS) is 10.9. The molecule has 1 N–H and O–H groups in total. The van der Waals surface area contributed by atoms with Crippen LogP contribution in [-0.2, 0) is 11.3 Å². The smallest absolute Gasteiger partial charge is 0.260 e. The molecule has 0 aliphatic rings. The molecule has 1 aromatic carbocycles. The molecule has 1 aromatic heterocycles. The number of amides is 1. The Bertz CT molecular complexity index is 656. The molecule has 0 aliphatic heterocycles. The van der Waals surface area contributed by atoms with E-state index in [1.165, 1.54) is 5.69 Å². The highest BCUT2D eigenvalue weighted by atomic mass is 16.2. The minimum absolute atomic E-state index is 0.179. The lowest BCUT2D eigenvalue weighted by molar-refractivity contribution is -0.121. The van der Waals surface area contributed by atoms with E-state index in [0.717, 1.165) is 24.5 Å². The van der Waals surface area contributed by atoms with E-state index in [2.05, 4.69) is 46.4 Å². The van der Waals surface area contributed by atoms with Crippen LogP contribution in [0.2, 0.25) is 0 Å². The summed E-state index contributed by atoms with van der Waals surface area (Å²) in [7, 11) is 0. The van der Waals surface area contributed by atoms with E-state index < -0.39 is 0 Å². The van der Waals surface area contributed by atoms with Crippen LogP contribution >= 0.6 is 0 Å². The zero-order valence-electron chi connectivity index (χ0n) is 13.9. The summed E-state index contributed by atoms with van der Waals surface area (Å²) in [5, 5.41) is 3.99. The Kier molecular flexibility index (Phi) is 5.91. The van der Waals surface area contributed by atoms with E-state index in [4.69, 9.17) is 0 Å². The summed E-state index contributed by atoms with van der Waals surface area (Å²) in [4.78, 5) is 18.1. The lowest BCUT2D eigenvalue weighted by Crippen LogP contribution is -2.23. The molecule has 0 saturated carbocycles. The molecule has 0 fully saturated rings. The van der Waals surface area contributed by atoms with Crippen molar-refractivity contribution in [2.75, 3.05) is 18.0 Å². The van der Waals surface area contributed by atoms with Gasteiger partial charge in [-0.2, -0.15) is 5.10 Å². The van der Waals surface area contributed by atoms with Crippen LogP contribution in [0.15, 0.2) is 41.8 Å². The van der Waals surface area contributed by atoms with Gasteiger partial charge in [-0.15, -0.1) is 0 Å². The fraction of sp³-hybridized carbons (Fsp3) is 0.353. The third kappa shape index (κ3) is 4.67. The molecule has 122 valence electrons. The van der Waals surface area contributed by atoms with Crippen LogP contribution in [0.4, 0.5) is 5.69 Å². The predicted molar refractivity (Wildman–Crippen MR) is 92.7 cm³/mol. The number of anilines is 1. The number of hydrogen-bond acceptors (Lipinski definition) is 4. The summed E-state index contributed by atoms with van der Waals surface area (Å²) in [6.45, 7) is 8.30. The first kappa shape index (κ1) is 16.7. The van der Waals surface area contributed by atoms with Crippen LogP contribution in [0.3, 0.4) is 0 Å². The third-order valence-corrected chi connectivity index (χ3v) is 3.66. The second-order valence-electron chi connectivity index (χ2n) is 5.16. The van der Waals surface area contributed by atoms with Gasteiger partial charge in [0.2, 0.25) is 0 Å². The van der Waals surface area contributed by atoms with Crippen LogP contribution in [0.5, 0.6) is 0 Å². The molecule has 6 nitrogen and oxygen atoms in total. The van der Waals surface area contributed by atoms with Gasteiger partial charge in [0.05, 0.1) is 6.21 Å². The number of nitrogens with zero attached hydrogens (tertiary/aromatic N) is 4. The quantitative estimate of drug-likeness (QED) is 0.629. The van der Waals surface area contributed by atoms with Gasteiger partial charge in [-0.25, -0.2) is 10.4 Å². The number of aryl methyl sites for hydroxylation is 1. The summed E-state index contributed by atoms with van der Waals surface area (Å²) < 4.78 is 1.77. The third-order valence-electron chi connectivity index (χ3n) is 3.66. The number of hydrogen-bond donors (Lipinski definition) is 1. The summed E-state index contributed by atoms with van der Waals surface area (Å²) in [5.74, 6) is 0.623. The highest BCUT2D eigenvalue weighted by Gasteiger charge is 2.03. The van der Waals surface area contributed by atoms with E-state index in [9.17, 15) is 4.79 Å². The Balaban J connectivity index is 1.88. The molecular formula is C17H23N5O. The summed E-state index contributed by atoms with van der Waals surface area (Å²) in [5.41, 5.74) is 4.66. The SMILES string of the molecule is CCN(CC)c1ccc(C=NNC(=O)Cn2ccnc2C)cc1. The molecule has 1 heterocycles. The first-order valence-corrected chi connectivity index (χ1v) is 7.78. The molecule has 0 radical (unpaired) electrons. The molecule has 23 heavy (non-hydrogen) atoms. The van der Waals surface area contributed by atoms with E-state index in [0.29, 0.717) is 0 Å². The highest BCUT2D eigenvalue weighted by Crippen LogP contribution is 2.13. The fourth-order valence-electron chi connectivity index (χ4n) is 2.30. The Morgan fingerprint density at radius 3 is 2.57 bits per heavy atom. The molecule has 0 aliphatic carbocycles. The maximum atomic E-state index is 11.8. The van der Waals surface area contributed by atoms with Crippen LogP contribution in [0, 0.1) is 6.92 Å². The summed E-state index contributed by atoms with van der Waals surface area (Å²) in [6, 6.07) is 8.10. The summed E-state index contributed by atoms with van der Waals surface area (Å²) in [6.07, 6.45) is 5.08. The van der Waals surface area contributed by atoms with E-state index in [1.807, 2.05) is 19.1 Å². The van der Waals surface area contributed by atoms with Crippen molar-refractivity contribution >= 4 is 17.8 Å². The average Bonchev–Trinajstić information content (AvgIpc) is 2.95. The average molecular weight is 313 g/mol. The monoisotopic (exact) mass is 313 g/mol.